The van der Waals surface area contributed by atoms with Gasteiger partial charge in [-0.2, -0.15) is 5.26 Å². The quantitative estimate of drug-likeness (QED) is 0.716. The molecule has 1 N–H and O–H groups in total. The molecule has 2 heterocycles. The number of carbonyl (C=O) groups is 2. The van der Waals surface area contributed by atoms with Crippen LogP contribution in [0.5, 0.6) is 5.75 Å². The third kappa shape index (κ3) is 5.25. The van der Waals surface area contributed by atoms with Crippen molar-refractivity contribution in [3.05, 3.63) is 36.2 Å². The second kappa shape index (κ2) is 9.10. The zero-order chi connectivity index (χ0) is 23.6. The van der Waals surface area contributed by atoms with E-state index in [1.165, 1.54) is 6.33 Å². The van der Waals surface area contributed by atoms with Gasteiger partial charge in [0.25, 0.3) is 0 Å². The average Bonchev–Trinajstić information content (AvgIpc) is 3.62. The number of hydrogen-bond acceptors (Lipinski definition) is 6. The molecule has 2 amide bonds. The predicted molar refractivity (Wildman–Crippen MR) is 114 cm³/mol. The van der Waals surface area contributed by atoms with E-state index in [4.69, 9.17) is 10.00 Å². The van der Waals surface area contributed by atoms with Crippen molar-refractivity contribution in [3.63, 3.8) is 0 Å². The van der Waals surface area contributed by atoms with Gasteiger partial charge in [-0.3, -0.25) is 9.59 Å². The highest BCUT2D eigenvalue weighted by atomic mass is 19.3. The van der Waals surface area contributed by atoms with Crippen LogP contribution in [0, 0.1) is 24.2 Å². The number of amides is 2. The van der Waals surface area contributed by atoms with Gasteiger partial charge < -0.3 is 15.0 Å². The van der Waals surface area contributed by atoms with Gasteiger partial charge in [0.15, 0.2) is 6.10 Å². The number of nitrogens with zero attached hydrogens (tertiary/aromatic N) is 4. The zero-order valence-corrected chi connectivity index (χ0v) is 18.1. The van der Waals surface area contributed by atoms with Crippen molar-refractivity contribution in [1.82, 2.24) is 14.9 Å². The number of hydrogen-bond donors (Lipinski definition) is 1. The molecule has 2 aliphatic rings. The van der Waals surface area contributed by atoms with E-state index in [9.17, 15) is 18.4 Å². The van der Waals surface area contributed by atoms with Crippen LogP contribution in [0.3, 0.4) is 0 Å². The van der Waals surface area contributed by atoms with E-state index >= 15 is 0 Å². The third-order valence-electron chi connectivity index (χ3n) is 5.72. The number of nitriles is 1. The molecular weight excluding hydrogens is 432 g/mol. The number of aryl methyl sites for hydroxylation is 1. The molecule has 1 aliphatic heterocycles. The molecule has 10 heteroatoms. The van der Waals surface area contributed by atoms with E-state index in [-0.39, 0.29) is 24.8 Å². The maximum absolute atomic E-state index is 14.6. The minimum atomic E-state index is -3.24. The monoisotopic (exact) mass is 455 g/mol. The average molecular weight is 455 g/mol. The van der Waals surface area contributed by atoms with Crippen LogP contribution in [0.2, 0.25) is 0 Å². The number of piperidine rings is 1. The van der Waals surface area contributed by atoms with E-state index < -0.39 is 30.9 Å². The Bertz CT molecular complexity index is 1110. The Labute approximate surface area is 189 Å². The maximum atomic E-state index is 14.6. The molecule has 4 rings (SSSR count). The van der Waals surface area contributed by atoms with E-state index in [2.05, 4.69) is 15.3 Å². The normalized spacial score (nSPS) is 19.5. The Hall–Kier alpha value is -3.61. The number of benzene rings is 1. The number of nitrogens with one attached hydrogen (secondary N) is 1. The van der Waals surface area contributed by atoms with E-state index in [1.807, 2.05) is 0 Å². The van der Waals surface area contributed by atoms with Crippen LogP contribution in [0.1, 0.15) is 31.2 Å². The number of alkyl halides is 2. The minimum absolute atomic E-state index is 0.0404. The van der Waals surface area contributed by atoms with Gasteiger partial charge in [-0.1, -0.05) is 0 Å². The number of ether oxygens (including phenoxy) is 1. The summed E-state index contributed by atoms with van der Waals surface area (Å²) in [6.07, 6.45) is 1.30. The van der Waals surface area contributed by atoms with Crippen molar-refractivity contribution in [2.45, 2.75) is 44.6 Å². The molecule has 33 heavy (non-hydrogen) atoms. The van der Waals surface area contributed by atoms with Crippen LogP contribution < -0.4 is 10.1 Å². The first-order valence-electron chi connectivity index (χ1n) is 10.7. The second-order valence-electron chi connectivity index (χ2n) is 8.34. The summed E-state index contributed by atoms with van der Waals surface area (Å²) in [6, 6.07) is 8.45. The molecule has 2 aromatic rings. The second-order valence-corrected chi connectivity index (χ2v) is 8.34. The number of anilines is 1. The first-order valence-corrected chi connectivity index (χ1v) is 10.7. The van der Waals surface area contributed by atoms with Crippen LogP contribution in [-0.4, -0.2) is 51.8 Å². The third-order valence-corrected chi connectivity index (χ3v) is 5.72. The largest absolute Gasteiger partial charge is 0.484 e. The summed E-state index contributed by atoms with van der Waals surface area (Å²) in [6.45, 7) is 1.08. The van der Waals surface area contributed by atoms with Crippen molar-refractivity contribution >= 4 is 17.6 Å². The highest BCUT2D eigenvalue weighted by Gasteiger charge is 2.47. The van der Waals surface area contributed by atoms with Gasteiger partial charge in [-0.05, 0) is 43.5 Å². The number of likely N-dealkylation sites (tertiary alicyclic amines) is 1. The van der Waals surface area contributed by atoms with Crippen LogP contribution in [0.4, 0.5) is 14.6 Å². The number of carbonyl (C=O) groups excluding carboxylic acids is 2. The first kappa shape index (κ1) is 22.6. The van der Waals surface area contributed by atoms with Gasteiger partial charge in [-0.15, -0.1) is 0 Å². The van der Waals surface area contributed by atoms with Crippen molar-refractivity contribution in [2.24, 2.45) is 5.92 Å². The predicted octanol–water partition coefficient (Wildman–Crippen LogP) is 3.33. The molecule has 172 valence electrons. The molecule has 1 saturated heterocycles. The van der Waals surface area contributed by atoms with Gasteiger partial charge in [0.05, 0.1) is 18.3 Å². The lowest BCUT2D eigenvalue weighted by atomic mass is 10.0. The summed E-state index contributed by atoms with van der Waals surface area (Å²) >= 11 is 0. The van der Waals surface area contributed by atoms with Gasteiger partial charge >= 0.3 is 5.92 Å². The van der Waals surface area contributed by atoms with Gasteiger partial charge in [0.2, 0.25) is 11.8 Å². The lowest BCUT2D eigenvalue weighted by Gasteiger charge is -2.38. The lowest BCUT2D eigenvalue weighted by molar-refractivity contribution is -0.159. The van der Waals surface area contributed by atoms with Gasteiger partial charge in [0.1, 0.15) is 24.3 Å². The molecule has 0 radical (unpaired) electrons. The smallest absolute Gasteiger partial charge is 0.301 e. The van der Waals surface area contributed by atoms with Crippen molar-refractivity contribution in [1.29, 1.82) is 5.26 Å². The van der Waals surface area contributed by atoms with E-state index in [0.717, 1.165) is 23.3 Å². The molecular formula is C23H23F2N5O3. The van der Waals surface area contributed by atoms with Gasteiger partial charge in [0, 0.05) is 30.5 Å². The highest BCUT2D eigenvalue weighted by Crippen LogP contribution is 2.34. The van der Waals surface area contributed by atoms with E-state index in [1.54, 1.807) is 37.3 Å². The molecule has 1 aromatic heterocycles. The summed E-state index contributed by atoms with van der Waals surface area (Å²) in [5, 5.41) is 11.4. The van der Waals surface area contributed by atoms with Crippen molar-refractivity contribution in [2.75, 3.05) is 18.4 Å². The Morgan fingerprint density at radius 2 is 2.06 bits per heavy atom. The highest BCUT2D eigenvalue weighted by molar-refractivity contribution is 5.93. The molecule has 1 aliphatic carbocycles. The van der Waals surface area contributed by atoms with Crippen LogP contribution in [0.25, 0.3) is 11.3 Å². The Morgan fingerprint density at radius 3 is 2.73 bits per heavy atom. The molecule has 1 aromatic carbocycles. The summed E-state index contributed by atoms with van der Waals surface area (Å²) in [4.78, 5) is 33.1. The van der Waals surface area contributed by atoms with E-state index in [0.29, 0.717) is 22.8 Å². The molecule has 0 bridgehead atoms. The zero-order valence-electron chi connectivity index (χ0n) is 18.1. The molecule has 8 nitrogen and oxygen atoms in total. The van der Waals surface area contributed by atoms with Crippen LogP contribution in [-0.2, 0) is 9.59 Å². The minimum Gasteiger partial charge on any atom is -0.484 e. The molecule has 2 fully saturated rings. The van der Waals surface area contributed by atoms with Crippen molar-refractivity contribution in [3.8, 4) is 23.1 Å². The summed E-state index contributed by atoms with van der Waals surface area (Å²) in [7, 11) is 0. The fourth-order valence-electron chi connectivity index (χ4n) is 3.71. The molecule has 0 unspecified atom stereocenters. The summed E-state index contributed by atoms with van der Waals surface area (Å²) in [5.74, 6) is -3.12. The molecule has 1 atom stereocenters. The Morgan fingerprint density at radius 1 is 1.27 bits per heavy atom. The van der Waals surface area contributed by atoms with Gasteiger partial charge in [-0.25, -0.2) is 18.7 Å². The van der Waals surface area contributed by atoms with Crippen molar-refractivity contribution < 1.29 is 23.1 Å². The van der Waals surface area contributed by atoms with Crippen LogP contribution >= 0.6 is 0 Å². The SMILES string of the molecule is Cc1cc(-c2cc(NC(=O)C3CC3)ncn2)ccc1O[C@H]1CCN(C(=O)CC#N)CC1(F)F. The standard InChI is InChI=1S/C23H23F2N5O3/c1-14-10-16(17-11-20(28-13-27-17)29-22(32)15-2-3-15)4-5-18(14)33-19-7-9-30(12-23(19,24)25)21(31)6-8-26/h4-5,10-11,13,15,19H,2-3,6-7,9,12H2,1H3,(H,27,28,29,32)/t19-/m0/s1. The first-order chi connectivity index (χ1) is 15.8. The summed E-state index contributed by atoms with van der Waals surface area (Å²) < 4.78 is 34.9. The topological polar surface area (TPSA) is 108 Å². The number of aromatic nitrogens is 2. The fraction of sp³-hybridized carbons (Fsp3) is 0.435. The molecule has 1 saturated carbocycles. The number of halogens is 2. The maximum Gasteiger partial charge on any atom is 0.301 e. The summed E-state index contributed by atoms with van der Waals surface area (Å²) in [5.41, 5.74) is 1.96. The number of rotatable bonds is 6. The molecule has 0 spiro atoms. The Balaban J connectivity index is 1.44. The lowest BCUT2D eigenvalue weighted by Crippen LogP contribution is -2.55. The Kier molecular flexibility index (Phi) is 6.22. The van der Waals surface area contributed by atoms with Crippen LogP contribution in [0.15, 0.2) is 30.6 Å². The fourth-order valence-corrected chi connectivity index (χ4v) is 3.71.